The average Bonchev–Trinajstić information content (AvgIpc) is 2.71. The van der Waals surface area contributed by atoms with Gasteiger partial charge in [-0.05, 0) is 10.4 Å². The molecule has 18 heavy (non-hydrogen) atoms. The van der Waals surface area contributed by atoms with Crippen LogP contribution in [-0.2, 0) is 27.3 Å². The maximum atomic E-state index is 11.3. The fraction of sp³-hybridized carbons (Fsp3) is 0.500. The second kappa shape index (κ2) is 6.27. The number of aliphatic carboxylic acids is 2. The molecule has 0 fully saturated rings. The van der Waals surface area contributed by atoms with E-state index in [0.717, 1.165) is 0 Å². The molecule has 0 aliphatic heterocycles. The van der Waals surface area contributed by atoms with Crippen molar-refractivity contribution in [2.75, 3.05) is 6.54 Å². The van der Waals surface area contributed by atoms with Gasteiger partial charge in [0.1, 0.15) is 6.54 Å². The van der Waals surface area contributed by atoms with Gasteiger partial charge in [0.2, 0.25) is 5.91 Å². The lowest BCUT2D eigenvalue weighted by molar-refractivity contribution is -0.138. The van der Waals surface area contributed by atoms with Crippen LogP contribution in [0, 0.1) is 0 Å². The van der Waals surface area contributed by atoms with Gasteiger partial charge < -0.3 is 15.5 Å². The van der Waals surface area contributed by atoms with E-state index in [0.29, 0.717) is 0 Å². The Morgan fingerprint density at radius 3 is 2.56 bits per heavy atom. The van der Waals surface area contributed by atoms with Crippen molar-refractivity contribution in [2.45, 2.75) is 19.4 Å². The van der Waals surface area contributed by atoms with Gasteiger partial charge in [0, 0.05) is 0 Å². The molecule has 0 saturated heterocycles. The highest BCUT2D eigenvalue weighted by molar-refractivity contribution is 5.82. The zero-order chi connectivity index (χ0) is 13.5. The van der Waals surface area contributed by atoms with Gasteiger partial charge in [-0.25, -0.2) is 4.68 Å². The summed E-state index contributed by atoms with van der Waals surface area (Å²) in [6.45, 7) is -0.445. The van der Waals surface area contributed by atoms with Gasteiger partial charge in [0.05, 0.1) is 19.4 Å². The van der Waals surface area contributed by atoms with Gasteiger partial charge in [0.25, 0.3) is 0 Å². The molecule has 3 N–H and O–H groups in total. The van der Waals surface area contributed by atoms with E-state index >= 15 is 0 Å². The largest absolute Gasteiger partial charge is 0.481 e. The number of hydrogen-bond acceptors (Lipinski definition) is 6. The fourth-order valence-corrected chi connectivity index (χ4v) is 1.11. The number of aromatic nitrogens is 4. The third kappa shape index (κ3) is 4.55. The summed E-state index contributed by atoms with van der Waals surface area (Å²) >= 11 is 0. The molecule has 0 saturated carbocycles. The first-order chi connectivity index (χ1) is 8.49. The highest BCUT2D eigenvalue weighted by atomic mass is 16.4. The summed E-state index contributed by atoms with van der Waals surface area (Å²) in [5.41, 5.74) is 0. The number of tetrazole rings is 1. The first-order valence-corrected chi connectivity index (χ1v) is 4.94. The van der Waals surface area contributed by atoms with Gasteiger partial charge in [0.15, 0.2) is 5.82 Å². The SMILES string of the molecule is O=C(O)CCn1nnnc1CC(=O)NCC(=O)O. The van der Waals surface area contributed by atoms with Crippen molar-refractivity contribution in [3.8, 4) is 0 Å². The Bertz CT molecular complexity index is 456. The summed E-state index contributed by atoms with van der Waals surface area (Å²) in [5.74, 6) is -2.54. The molecule has 1 aromatic heterocycles. The Balaban J connectivity index is 2.51. The van der Waals surface area contributed by atoms with Crippen LogP contribution in [0.4, 0.5) is 0 Å². The first-order valence-electron chi connectivity index (χ1n) is 4.94. The molecule has 1 aromatic rings. The third-order valence-corrected chi connectivity index (χ3v) is 1.90. The highest BCUT2D eigenvalue weighted by Gasteiger charge is 2.12. The molecule has 0 bridgehead atoms. The molecule has 0 unspecified atom stereocenters. The molecule has 0 aliphatic rings. The molecular weight excluding hydrogens is 246 g/mol. The predicted molar refractivity (Wildman–Crippen MR) is 54.4 cm³/mol. The van der Waals surface area contributed by atoms with E-state index in [1.807, 2.05) is 0 Å². The summed E-state index contributed by atoms with van der Waals surface area (Å²) in [5, 5.41) is 29.4. The number of carboxylic acid groups (broad SMARTS) is 2. The van der Waals surface area contributed by atoms with E-state index < -0.39 is 24.4 Å². The predicted octanol–water partition coefficient (Wildman–Crippen LogP) is -2.11. The smallest absolute Gasteiger partial charge is 0.322 e. The van der Waals surface area contributed by atoms with Crippen LogP contribution in [0.2, 0.25) is 0 Å². The van der Waals surface area contributed by atoms with Crippen LogP contribution in [0.1, 0.15) is 12.2 Å². The van der Waals surface area contributed by atoms with Gasteiger partial charge >= 0.3 is 11.9 Å². The molecule has 10 heteroatoms. The van der Waals surface area contributed by atoms with Crippen molar-refractivity contribution < 1.29 is 24.6 Å². The highest BCUT2D eigenvalue weighted by Crippen LogP contribution is 1.96. The minimum atomic E-state index is -1.16. The van der Waals surface area contributed by atoms with Crippen LogP contribution in [0.25, 0.3) is 0 Å². The van der Waals surface area contributed by atoms with Crippen LogP contribution in [-0.4, -0.2) is 54.8 Å². The van der Waals surface area contributed by atoms with Crippen molar-refractivity contribution >= 4 is 17.8 Å². The Kier molecular flexibility index (Phi) is 4.72. The zero-order valence-corrected chi connectivity index (χ0v) is 9.24. The lowest BCUT2D eigenvalue weighted by Crippen LogP contribution is -2.31. The van der Waals surface area contributed by atoms with Crippen molar-refractivity contribution in [2.24, 2.45) is 0 Å². The van der Waals surface area contributed by atoms with E-state index in [1.54, 1.807) is 0 Å². The molecule has 1 heterocycles. The fourth-order valence-electron chi connectivity index (χ4n) is 1.11. The van der Waals surface area contributed by atoms with E-state index in [9.17, 15) is 14.4 Å². The molecule has 0 aliphatic carbocycles. The van der Waals surface area contributed by atoms with E-state index in [4.69, 9.17) is 10.2 Å². The lowest BCUT2D eigenvalue weighted by Gasteiger charge is -2.03. The van der Waals surface area contributed by atoms with Crippen LogP contribution in [0.5, 0.6) is 0 Å². The van der Waals surface area contributed by atoms with E-state index in [1.165, 1.54) is 4.68 Å². The number of nitrogens with one attached hydrogen (secondary N) is 1. The van der Waals surface area contributed by atoms with Crippen LogP contribution < -0.4 is 5.32 Å². The maximum Gasteiger partial charge on any atom is 0.322 e. The van der Waals surface area contributed by atoms with Crippen molar-refractivity contribution in [1.82, 2.24) is 25.5 Å². The van der Waals surface area contributed by atoms with Gasteiger partial charge in [-0.3, -0.25) is 14.4 Å². The van der Waals surface area contributed by atoms with Gasteiger partial charge in [-0.15, -0.1) is 5.10 Å². The Morgan fingerprint density at radius 2 is 1.94 bits per heavy atom. The molecule has 10 nitrogen and oxygen atoms in total. The zero-order valence-electron chi connectivity index (χ0n) is 9.24. The van der Waals surface area contributed by atoms with Crippen LogP contribution >= 0.6 is 0 Å². The van der Waals surface area contributed by atoms with E-state index in [2.05, 4.69) is 20.8 Å². The number of amides is 1. The molecule has 0 atom stereocenters. The monoisotopic (exact) mass is 257 g/mol. The maximum absolute atomic E-state index is 11.3. The molecule has 1 rings (SSSR count). The van der Waals surface area contributed by atoms with Crippen LogP contribution in [0.3, 0.4) is 0 Å². The minimum absolute atomic E-state index is 0.0455. The number of aryl methyl sites for hydroxylation is 1. The summed E-state index contributed by atoms with van der Waals surface area (Å²) in [6, 6.07) is 0. The van der Waals surface area contributed by atoms with Crippen molar-refractivity contribution in [1.29, 1.82) is 0 Å². The Morgan fingerprint density at radius 1 is 1.22 bits per heavy atom. The Hall–Kier alpha value is -2.52. The van der Waals surface area contributed by atoms with Gasteiger partial charge in [-0.1, -0.05) is 0 Å². The average molecular weight is 257 g/mol. The summed E-state index contributed by atoms with van der Waals surface area (Å²) in [7, 11) is 0. The number of carboxylic acids is 2. The molecule has 98 valence electrons. The number of carbonyl (C=O) groups excluding carboxylic acids is 1. The topological polar surface area (TPSA) is 147 Å². The summed E-state index contributed by atoms with van der Waals surface area (Å²) in [6.07, 6.45) is -0.380. The third-order valence-electron chi connectivity index (χ3n) is 1.90. The normalized spacial score (nSPS) is 10.0. The molecule has 0 aromatic carbocycles. The Labute approximate surface area is 101 Å². The second-order valence-electron chi connectivity index (χ2n) is 3.31. The molecular formula is C8H11N5O5. The number of carbonyl (C=O) groups is 3. The number of nitrogens with zero attached hydrogens (tertiary/aromatic N) is 4. The number of hydrogen-bond donors (Lipinski definition) is 3. The lowest BCUT2D eigenvalue weighted by atomic mass is 10.3. The summed E-state index contributed by atoms with van der Waals surface area (Å²) in [4.78, 5) is 31.9. The molecule has 1 amide bonds. The standard InChI is InChI=1S/C8H11N5O5/c14-6(9-4-8(17)18)3-5-10-11-12-13(5)2-1-7(15)16/h1-4H2,(H,9,14)(H,15,16)(H,17,18). The molecule has 0 radical (unpaired) electrons. The van der Waals surface area contributed by atoms with Crippen LogP contribution in [0.15, 0.2) is 0 Å². The van der Waals surface area contributed by atoms with Crippen molar-refractivity contribution in [3.63, 3.8) is 0 Å². The second-order valence-corrected chi connectivity index (χ2v) is 3.31. The molecule has 0 spiro atoms. The van der Waals surface area contributed by atoms with E-state index in [-0.39, 0.29) is 25.2 Å². The number of rotatable bonds is 7. The first kappa shape index (κ1) is 13.5. The van der Waals surface area contributed by atoms with Gasteiger partial charge in [-0.2, -0.15) is 0 Å². The summed E-state index contributed by atoms with van der Waals surface area (Å²) < 4.78 is 1.19. The van der Waals surface area contributed by atoms with Crippen molar-refractivity contribution in [3.05, 3.63) is 5.82 Å². The quantitative estimate of drug-likeness (QED) is 0.502. The minimum Gasteiger partial charge on any atom is -0.481 e.